The summed E-state index contributed by atoms with van der Waals surface area (Å²) in [6.45, 7) is 1.55. The van der Waals surface area contributed by atoms with Crippen LogP contribution in [-0.4, -0.2) is 18.7 Å². The van der Waals surface area contributed by atoms with E-state index in [2.05, 4.69) is 10.5 Å². The van der Waals surface area contributed by atoms with E-state index < -0.39 is 11.5 Å². The standard InChI is InChI=1S/C19H15FN2O4/c1-12-8-19(24)26-17-9-15(6-7-16(12)17)25-11-18(23)22-21-10-13-2-4-14(20)5-3-13/h2-10H,11H2,1H3,(H,22,23)/b21-10+. The topological polar surface area (TPSA) is 80.9 Å². The van der Waals surface area contributed by atoms with Crippen molar-refractivity contribution in [3.8, 4) is 5.75 Å². The van der Waals surface area contributed by atoms with Crippen LogP contribution in [0.4, 0.5) is 4.39 Å². The van der Waals surface area contributed by atoms with Crippen LogP contribution in [0.3, 0.4) is 0 Å². The molecule has 0 spiro atoms. The molecule has 3 rings (SSSR count). The second-order valence-corrected chi connectivity index (χ2v) is 5.54. The van der Waals surface area contributed by atoms with Gasteiger partial charge in [-0.25, -0.2) is 14.6 Å². The fourth-order valence-electron chi connectivity index (χ4n) is 2.30. The summed E-state index contributed by atoms with van der Waals surface area (Å²) in [4.78, 5) is 23.2. The number of rotatable bonds is 5. The number of nitrogens with zero attached hydrogens (tertiary/aromatic N) is 1. The summed E-state index contributed by atoms with van der Waals surface area (Å²) in [5.41, 5.74) is 3.70. The molecule has 1 amide bonds. The zero-order valence-electron chi connectivity index (χ0n) is 13.9. The van der Waals surface area contributed by atoms with Gasteiger partial charge in [-0.3, -0.25) is 4.79 Å². The molecule has 0 fully saturated rings. The maximum absolute atomic E-state index is 12.8. The third-order valence-corrected chi connectivity index (χ3v) is 3.57. The number of benzene rings is 2. The van der Waals surface area contributed by atoms with Gasteiger partial charge in [0, 0.05) is 17.5 Å². The Balaban J connectivity index is 1.58. The highest BCUT2D eigenvalue weighted by Crippen LogP contribution is 2.22. The normalized spacial score (nSPS) is 11.0. The zero-order valence-corrected chi connectivity index (χ0v) is 13.9. The molecule has 0 aliphatic carbocycles. The van der Waals surface area contributed by atoms with Crippen LogP contribution in [0.1, 0.15) is 11.1 Å². The van der Waals surface area contributed by atoms with Gasteiger partial charge >= 0.3 is 5.63 Å². The first-order valence-corrected chi connectivity index (χ1v) is 7.76. The van der Waals surface area contributed by atoms with E-state index in [1.165, 1.54) is 36.5 Å². The van der Waals surface area contributed by atoms with E-state index >= 15 is 0 Å². The Morgan fingerprint density at radius 2 is 2.00 bits per heavy atom. The second kappa shape index (κ2) is 7.60. The molecule has 1 N–H and O–H groups in total. The lowest BCUT2D eigenvalue weighted by atomic mass is 10.1. The van der Waals surface area contributed by atoms with Crippen molar-refractivity contribution in [2.75, 3.05) is 6.61 Å². The Kier molecular flexibility index (Phi) is 5.07. The third-order valence-electron chi connectivity index (χ3n) is 3.57. The van der Waals surface area contributed by atoms with Crippen LogP contribution in [0, 0.1) is 12.7 Å². The van der Waals surface area contributed by atoms with E-state index in [9.17, 15) is 14.0 Å². The van der Waals surface area contributed by atoms with Gasteiger partial charge in [0.15, 0.2) is 6.61 Å². The first-order chi connectivity index (χ1) is 12.5. The number of fused-ring (bicyclic) bond motifs is 1. The molecule has 0 saturated carbocycles. The third kappa shape index (κ3) is 4.32. The lowest BCUT2D eigenvalue weighted by Gasteiger charge is -2.06. The van der Waals surface area contributed by atoms with Gasteiger partial charge in [-0.15, -0.1) is 0 Å². The summed E-state index contributed by atoms with van der Waals surface area (Å²) in [7, 11) is 0. The maximum Gasteiger partial charge on any atom is 0.336 e. The van der Waals surface area contributed by atoms with Crippen molar-refractivity contribution in [1.82, 2.24) is 5.43 Å². The van der Waals surface area contributed by atoms with Crippen molar-refractivity contribution >= 4 is 23.1 Å². The highest BCUT2D eigenvalue weighted by atomic mass is 19.1. The van der Waals surface area contributed by atoms with Crippen molar-refractivity contribution in [3.05, 3.63) is 75.9 Å². The molecule has 7 heteroatoms. The molecule has 0 saturated heterocycles. The minimum absolute atomic E-state index is 0.262. The number of hydrogen-bond donors (Lipinski definition) is 1. The first kappa shape index (κ1) is 17.3. The minimum Gasteiger partial charge on any atom is -0.484 e. The molecule has 6 nitrogen and oxygen atoms in total. The Bertz CT molecular complexity index is 1030. The molecule has 0 aliphatic rings. The number of hydrogen-bond acceptors (Lipinski definition) is 5. The van der Waals surface area contributed by atoms with Crippen LogP contribution >= 0.6 is 0 Å². The van der Waals surface area contributed by atoms with E-state index in [4.69, 9.17) is 9.15 Å². The van der Waals surface area contributed by atoms with Crippen LogP contribution in [0.5, 0.6) is 5.75 Å². The molecule has 0 atom stereocenters. The number of aryl methyl sites for hydroxylation is 1. The first-order valence-electron chi connectivity index (χ1n) is 7.76. The molecular weight excluding hydrogens is 339 g/mol. The Morgan fingerprint density at radius 1 is 1.23 bits per heavy atom. The van der Waals surface area contributed by atoms with Crippen LogP contribution in [0.25, 0.3) is 11.0 Å². The molecular formula is C19H15FN2O4. The fourth-order valence-corrected chi connectivity index (χ4v) is 2.30. The molecule has 132 valence electrons. The largest absolute Gasteiger partial charge is 0.484 e. The van der Waals surface area contributed by atoms with Gasteiger partial charge in [0.1, 0.15) is 17.1 Å². The van der Waals surface area contributed by atoms with E-state index in [0.717, 1.165) is 10.9 Å². The smallest absolute Gasteiger partial charge is 0.336 e. The van der Waals surface area contributed by atoms with E-state index in [-0.39, 0.29) is 12.4 Å². The molecule has 2 aromatic carbocycles. The van der Waals surface area contributed by atoms with Crippen LogP contribution in [-0.2, 0) is 4.79 Å². The average Bonchev–Trinajstić information content (AvgIpc) is 2.61. The van der Waals surface area contributed by atoms with E-state index in [1.807, 2.05) is 6.92 Å². The Labute approximate surface area is 147 Å². The monoisotopic (exact) mass is 354 g/mol. The summed E-state index contributed by atoms with van der Waals surface area (Å²) in [6, 6.07) is 12.1. The van der Waals surface area contributed by atoms with Gasteiger partial charge < -0.3 is 9.15 Å². The minimum atomic E-state index is -0.464. The number of ether oxygens (including phenoxy) is 1. The molecule has 0 bridgehead atoms. The van der Waals surface area contributed by atoms with Gasteiger partial charge in [0.05, 0.1) is 6.21 Å². The number of carbonyl (C=O) groups is 1. The molecule has 0 aliphatic heterocycles. The molecule has 26 heavy (non-hydrogen) atoms. The predicted octanol–water partition coefficient (Wildman–Crippen LogP) is 2.77. The Hall–Kier alpha value is -3.48. The highest BCUT2D eigenvalue weighted by Gasteiger charge is 2.06. The molecule has 1 heterocycles. The van der Waals surface area contributed by atoms with Gasteiger partial charge in [-0.05, 0) is 42.3 Å². The average molecular weight is 354 g/mol. The summed E-state index contributed by atoms with van der Waals surface area (Å²) in [6.07, 6.45) is 1.39. The number of carbonyl (C=O) groups excluding carboxylic acids is 1. The van der Waals surface area contributed by atoms with Gasteiger partial charge in [0.25, 0.3) is 5.91 Å². The van der Waals surface area contributed by atoms with Crippen molar-refractivity contribution in [3.63, 3.8) is 0 Å². The van der Waals surface area contributed by atoms with Crippen molar-refractivity contribution in [2.45, 2.75) is 6.92 Å². The molecule has 3 aromatic rings. The van der Waals surface area contributed by atoms with Crippen LogP contribution in [0.15, 0.2) is 62.8 Å². The van der Waals surface area contributed by atoms with Crippen LogP contribution < -0.4 is 15.8 Å². The van der Waals surface area contributed by atoms with Crippen molar-refractivity contribution in [1.29, 1.82) is 0 Å². The summed E-state index contributed by atoms with van der Waals surface area (Å²) in [5.74, 6) is -0.418. The van der Waals surface area contributed by atoms with Gasteiger partial charge in [0.2, 0.25) is 0 Å². The number of nitrogens with one attached hydrogen (secondary N) is 1. The number of hydrazone groups is 1. The Morgan fingerprint density at radius 3 is 2.77 bits per heavy atom. The fraction of sp³-hybridized carbons (Fsp3) is 0.105. The lowest BCUT2D eigenvalue weighted by Crippen LogP contribution is -2.24. The highest BCUT2D eigenvalue weighted by molar-refractivity contribution is 5.83. The molecule has 0 radical (unpaired) electrons. The number of halogens is 1. The van der Waals surface area contributed by atoms with E-state index in [0.29, 0.717) is 16.9 Å². The quantitative estimate of drug-likeness (QED) is 0.434. The van der Waals surface area contributed by atoms with Gasteiger partial charge in [-0.1, -0.05) is 12.1 Å². The summed E-state index contributed by atoms with van der Waals surface area (Å²) >= 11 is 0. The van der Waals surface area contributed by atoms with Crippen molar-refractivity contribution in [2.24, 2.45) is 5.10 Å². The lowest BCUT2D eigenvalue weighted by molar-refractivity contribution is -0.123. The SMILES string of the molecule is Cc1cc(=O)oc2cc(OCC(=O)N/N=C/c3ccc(F)cc3)ccc12. The van der Waals surface area contributed by atoms with Crippen LogP contribution in [0.2, 0.25) is 0 Å². The van der Waals surface area contributed by atoms with Gasteiger partial charge in [-0.2, -0.15) is 5.10 Å². The zero-order chi connectivity index (χ0) is 18.5. The molecule has 1 aromatic heterocycles. The summed E-state index contributed by atoms with van der Waals surface area (Å²) in [5, 5.41) is 4.57. The molecule has 0 unspecified atom stereocenters. The second-order valence-electron chi connectivity index (χ2n) is 5.54. The van der Waals surface area contributed by atoms with E-state index in [1.54, 1.807) is 18.2 Å². The maximum atomic E-state index is 12.8. The van der Waals surface area contributed by atoms with Crippen molar-refractivity contribution < 1.29 is 18.3 Å². The summed E-state index contributed by atoms with van der Waals surface area (Å²) < 4.78 is 23.3. The predicted molar refractivity (Wildman–Crippen MR) is 94.9 cm³/mol. The number of amides is 1.